The van der Waals surface area contributed by atoms with E-state index in [2.05, 4.69) is 0 Å². The normalized spacial score (nSPS) is 15.4. The van der Waals surface area contributed by atoms with Crippen LogP contribution in [-0.2, 0) is 0 Å². The summed E-state index contributed by atoms with van der Waals surface area (Å²) in [5.41, 5.74) is 0.963. The molecule has 0 saturated carbocycles. The number of rotatable bonds is 2. The Hall–Kier alpha value is -0.900. The monoisotopic (exact) mass is 300 g/mol. The van der Waals surface area contributed by atoms with Gasteiger partial charge in [0.25, 0.3) is 0 Å². The summed E-state index contributed by atoms with van der Waals surface area (Å²) in [7, 11) is 0. The molecule has 3 rings (SSSR count). The molecule has 2 nitrogen and oxygen atoms in total. The van der Waals surface area contributed by atoms with Crippen molar-refractivity contribution in [1.29, 1.82) is 0 Å². The molecule has 0 amide bonds. The van der Waals surface area contributed by atoms with E-state index in [0.29, 0.717) is 18.2 Å². The third kappa shape index (κ3) is 2.18. The van der Waals surface area contributed by atoms with Crippen molar-refractivity contribution < 1.29 is 9.47 Å². The predicted octanol–water partition coefficient (Wildman–Crippen LogP) is 4.50. The highest BCUT2D eigenvalue weighted by Gasteiger charge is 2.19. The van der Waals surface area contributed by atoms with E-state index < -0.39 is 0 Å². The number of hydrogen-bond acceptors (Lipinski definition) is 3. The molecular formula is C13H10Cl2O2S. The summed E-state index contributed by atoms with van der Waals surface area (Å²) in [6, 6.07) is 7.61. The summed E-state index contributed by atoms with van der Waals surface area (Å²) in [5, 5.41) is 2.38. The van der Waals surface area contributed by atoms with Crippen LogP contribution in [0.5, 0.6) is 11.5 Å². The highest BCUT2D eigenvalue weighted by Crippen LogP contribution is 2.40. The van der Waals surface area contributed by atoms with Crippen molar-refractivity contribution >= 4 is 34.5 Å². The van der Waals surface area contributed by atoms with Crippen molar-refractivity contribution in [1.82, 2.24) is 0 Å². The maximum Gasteiger partial charge on any atom is 0.161 e. The molecule has 1 aliphatic heterocycles. The maximum absolute atomic E-state index is 6.45. The molecule has 0 fully saturated rings. The van der Waals surface area contributed by atoms with Gasteiger partial charge in [0.2, 0.25) is 0 Å². The van der Waals surface area contributed by atoms with Gasteiger partial charge >= 0.3 is 0 Å². The first-order valence-corrected chi connectivity index (χ1v) is 7.21. The highest BCUT2D eigenvalue weighted by atomic mass is 35.5. The van der Waals surface area contributed by atoms with Crippen LogP contribution >= 0.6 is 34.5 Å². The molecule has 0 radical (unpaired) electrons. The molecule has 2 aromatic rings. The Kier molecular flexibility index (Phi) is 3.37. The van der Waals surface area contributed by atoms with Crippen molar-refractivity contribution in [3.8, 4) is 11.5 Å². The lowest BCUT2D eigenvalue weighted by molar-refractivity contribution is 0.171. The zero-order chi connectivity index (χ0) is 12.5. The zero-order valence-electron chi connectivity index (χ0n) is 9.36. The average Bonchev–Trinajstić information content (AvgIpc) is 2.83. The minimum Gasteiger partial charge on any atom is -0.486 e. The van der Waals surface area contributed by atoms with Gasteiger partial charge in [-0.2, -0.15) is 0 Å². The second-order valence-electron chi connectivity index (χ2n) is 3.90. The van der Waals surface area contributed by atoms with E-state index in [1.807, 2.05) is 29.6 Å². The molecule has 18 heavy (non-hydrogen) atoms. The summed E-state index contributed by atoms with van der Waals surface area (Å²) in [6.07, 6.45) is 0. The number of alkyl halides is 1. The molecular weight excluding hydrogens is 291 g/mol. The average molecular weight is 301 g/mol. The Labute approximate surface area is 119 Å². The van der Waals surface area contributed by atoms with Gasteiger partial charge in [-0.05, 0) is 29.1 Å². The summed E-state index contributed by atoms with van der Waals surface area (Å²) in [6.45, 7) is 1.16. The summed E-state index contributed by atoms with van der Waals surface area (Å²) in [5.74, 6) is 1.52. The lowest BCUT2D eigenvalue weighted by Crippen LogP contribution is -2.15. The first-order chi connectivity index (χ1) is 8.75. The Morgan fingerprint density at radius 1 is 1.11 bits per heavy atom. The highest BCUT2D eigenvalue weighted by molar-refractivity contribution is 7.11. The summed E-state index contributed by atoms with van der Waals surface area (Å²) in [4.78, 5) is 0.954. The van der Waals surface area contributed by atoms with Crippen LogP contribution in [0.1, 0.15) is 15.8 Å². The Morgan fingerprint density at radius 3 is 2.61 bits per heavy atom. The standard InChI is InChI=1S/C13H10Cl2O2S/c14-9-3-6-18-13(9)12(15)8-1-2-10-11(7-8)17-5-4-16-10/h1-3,6-7,12H,4-5H2. The number of ether oxygens (including phenoxy) is 2. The van der Waals surface area contributed by atoms with E-state index in [9.17, 15) is 0 Å². The maximum atomic E-state index is 6.45. The fourth-order valence-electron chi connectivity index (χ4n) is 1.86. The van der Waals surface area contributed by atoms with E-state index >= 15 is 0 Å². The smallest absolute Gasteiger partial charge is 0.161 e. The van der Waals surface area contributed by atoms with Gasteiger partial charge in [-0.15, -0.1) is 22.9 Å². The Balaban J connectivity index is 1.95. The molecule has 1 aromatic carbocycles. The van der Waals surface area contributed by atoms with Crippen molar-refractivity contribution in [2.75, 3.05) is 13.2 Å². The van der Waals surface area contributed by atoms with E-state index in [4.69, 9.17) is 32.7 Å². The number of thiophene rings is 1. The van der Waals surface area contributed by atoms with E-state index in [1.54, 1.807) is 11.3 Å². The quantitative estimate of drug-likeness (QED) is 0.760. The number of benzene rings is 1. The van der Waals surface area contributed by atoms with Crippen molar-refractivity contribution in [2.24, 2.45) is 0 Å². The molecule has 0 bridgehead atoms. The topological polar surface area (TPSA) is 18.5 Å². The van der Waals surface area contributed by atoms with Crippen LogP contribution in [-0.4, -0.2) is 13.2 Å². The van der Waals surface area contributed by atoms with Crippen LogP contribution in [0.4, 0.5) is 0 Å². The van der Waals surface area contributed by atoms with Gasteiger partial charge in [0.15, 0.2) is 11.5 Å². The van der Waals surface area contributed by atoms with Gasteiger partial charge in [-0.3, -0.25) is 0 Å². The molecule has 1 aromatic heterocycles. The summed E-state index contributed by atoms with van der Waals surface area (Å²) >= 11 is 14.1. The minimum atomic E-state index is -0.256. The fourth-order valence-corrected chi connectivity index (χ4v) is 3.49. The lowest BCUT2D eigenvalue weighted by Gasteiger charge is -2.19. The first kappa shape index (κ1) is 12.2. The molecule has 0 aliphatic carbocycles. The lowest BCUT2D eigenvalue weighted by atomic mass is 10.1. The molecule has 1 aliphatic rings. The second kappa shape index (κ2) is 5.00. The van der Waals surface area contributed by atoms with E-state index in [1.165, 1.54) is 0 Å². The molecule has 0 spiro atoms. The minimum absolute atomic E-state index is 0.256. The number of halogens is 2. The second-order valence-corrected chi connectivity index (χ2v) is 5.69. The van der Waals surface area contributed by atoms with Crippen LogP contribution in [0.2, 0.25) is 5.02 Å². The molecule has 2 heterocycles. The van der Waals surface area contributed by atoms with Crippen LogP contribution in [0, 0.1) is 0 Å². The van der Waals surface area contributed by atoms with Crippen LogP contribution in [0.25, 0.3) is 0 Å². The van der Waals surface area contributed by atoms with Crippen LogP contribution in [0.15, 0.2) is 29.6 Å². The zero-order valence-corrected chi connectivity index (χ0v) is 11.7. The Morgan fingerprint density at radius 2 is 1.89 bits per heavy atom. The molecule has 1 atom stereocenters. The third-order valence-corrected chi connectivity index (χ3v) is 4.76. The van der Waals surface area contributed by atoms with E-state index in [-0.39, 0.29) is 5.38 Å². The van der Waals surface area contributed by atoms with Crippen LogP contribution < -0.4 is 9.47 Å². The van der Waals surface area contributed by atoms with Gasteiger partial charge in [-0.1, -0.05) is 17.7 Å². The number of fused-ring (bicyclic) bond motifs is 1. The van der Waals surface area contributed by atoms with Gasteiger partial charge in [0, 0.05) is 4.88 Å². The SMILES string of the molecule is Clc1ccsc1C(Cl)c1ccc2c(c1)OCCO2. The molecule has 1 unspecified atom stereocenters. The first-order valence-electron chi connectivity index (χ1n) is 5.52. The van der Waals surface area contributed by atoms with Crippen molar-refractivity contribution in [3.63, 3.8) is 0 Å². The third-order valence-electron chi connectivity index (χ3n) is 2.73. The van der Waals surface area contributed by atoms with Gasteiger partial charge < -0.3 is 9.47 Å². The van der Waals surface area contributed by atoms with E-state index in [0.717, 1.165) is 21.9 Å². The van der Waals surface area contributed by atoms with Crippen LogP contribution in [0.3, 0.4) is 0 Å². The summed E-state index contributed by atoms with van der Waals surface area (Å²) < 4.78 is 11.0. The number of hydrogen-bond donors (Lipinski definition) is 0. The van der Waals surface area contributed by atoms with Gasteiger partial charge in [0.1, 0.15) is 13.2 Å². The van der Waals surface area contributed by atoms with Crippen molar-refractivity contribution in [3.05, 3.63) is 45.1 Å². The van der Waals surface area contributed by atoms with Gasteiger partial charge in [0.05, 0.1) is 10.4 Å². The molecule has 0 N–H and O–H groups in total. The molecule has 94 valence electrons. The predicted molar refractivity (Wildman–Crippen MR) is 74.5 cm³/mol. The van der Waals surface area contributed by atoms with Crippen molar-refractivity contribution in [2.45, 2.75) is 5.38 Å². The fraction of sp³-hybridized carbons (Fsp3) is 0.231. The molecule has 5 heteroatoms. The van der Waals surface area contributed by atoms with Gasteiger partial charge in [-0.25, -0.2) is 0 Å². The largest absolute Gasteiger partial charge is 0.486 e. The Bertz CT molecular complexity index is 568. The molecule has 0 saturated heterocycles.